The molecule has 0 atom stereocenters. The molecule has 0 radical (unpaired) electrons. The number of pyridine rings is 1. The molecule has 8 nitrogen and oxygen atoms in total. The third kappa shape index (κ3) is 5.43. The van der Waals surface area contributed by atoms with E-state index in [4.69, 9.17) is 0 Å². The summed E-state index contributed by atoms with van der Waals surface area (Å²) in [6, 6.07) is 9.99. The molecule has 1 aromatic heterocycles. The molecule has 30 heavy (non-hydrogen) atoms. The zero-order chi connectivity index (χ0) is 21.7. The fourth-order valence-electron chi connectivity index (χ4n) is 3.35. The topological polar surface area (TPSA) is 96.9 Å². The lowest BCUT2D eigenvalue weighted by Gasteiger charge is -2.22. The maximum absolute atomic E-state index is 12.8. The number of nitrogens with zero attached hydrogens (tertiary/aromatic N) is 3. The van der Waals surface area contributed by atoms with Gasteiger partial charge in [-0.2, -0.15) is 0 Å². The molecular formula is C21H25N3O5S. The molecule has 2 aromatic rings. The number of benzene rings is 1. The van der Waals surface area contributed by atoms with Gasteiger partial charge in [-0.1, -0.05) is 12.1 Å². The minimum atomic E-state index is -3.20. The molecule has 160 valence electrons. The summed E-state index contributed by atoms with van der Waals surface area (Å²) in [7, 11) is -1.90. The Labute approximate surface area is 176 Å². The number of hydrogen-bond acceptors (Lipinski definition) is 7. The van der Waals surface area contributed by atoms with Crippen LogP contribution < -0.4 is 0 Å². The van der Waals surface area contributed by atoms with Crippen LogP contribution in [0.25, 0.3) is 0 Å². The zero-order valence-corrected chi connectivity index (χ0v) is 17.9. The molecule has 1 aromatic carbocycles. The second-order valence-corrected chi connectivity index (χ2v) is 9.28. The van der Waals surface area contributed by atoms with Crippen molar-refractivity contribution in [1.29, 1.82) is 0 Å². The summed E-state index contributed by atoms with van der Waals surface area (Å²) in [5.41, 5.74) is 1.63. The molecule has 0 unspecified atom stereocenters. The average molecular weight is 432 g/mol. The molecule has 1 saturated heterocycles. The van der Waals surface area contributed by atoms with Crippen molar-refractivity contribution in [2.75, 3.05) is 39.5 Å². The van der Waals surface area contributed by atoms with Crippen LogP contribution in [0.4, 0.5) is 0 Å². The highest BCUT2D eigenvalue weighted by Gasteiger charge is 2.21. The number of ether oxygens (including phenoxy) is 1. The molecular weight excluding hydrogens is 406 g/mol. The number of aromatic nitrogens is 1. The maximum atomic E-state index is 12.8. The Bertz CT molecular complexity index is 1000. The van der Waals surface area contributed by atoms with Crippen LogP contribution in [0.3, 0.4) is 0 Å². The lowest BCUT2D eigenvalue weighted by Crippen LogP contribution is -2.35. The van der Waals surface area contributed by atoms with Crippen molar-refractivity contribution in [3.8, 4) is 0 Å². The molecule has 0 saturated carbocycles. The summed E-state index contributed by atoms with van der Waals surface area (Å²) in [6.45, 7) is 3.44. The van der Waals surface area contributed by atoms with Gasteiger partial charge in [-0.25, -0.2) is 13.2 Å². The zero-order valence-electron chi connectivity index (χ0n) is 17.1. The van der Waals surface area contributed by atoms with Crippen molar-refractivity contribution in [3.05, 3.63) is 59.4 Å². The molecule has 0 aliphatic carbocycles. The Hall–Kier alpha value is -2.78. The number of rotatable bonds is 5. The molecule has 2 heterocycles. The van der Waals surface area contributed by atoms with Crippen molar-refractivity contribution in [2.45, 2.75) is 17.9 Å². The Morgan fingerprint density at radius 3 is 2.37 bits per heavy atom. The van der Waals surface area contributed by atoms with Gasteiger partial charge >= 0.3 is 5.97 Å². The summed E-state index contributed by atoms with van der Waals surface area (Å²) in [4.78, 5) is 32.7. The molecule has 1 fully saturated rings. The maximum Gasteiger partial charge on any atom is 0.339 e. The first-order chi connectivity index (χ1) is 14.3. The lowest BCUT2D eigenvalue weighted by molar-refractivity contribution is 0.0599. The van der Waals surface area contributed by atoms with Gasteiger partial charge in [-0.3, -0.25) is 14.7 Å². The second kappa shape index (κ2) is 9.36. The van der Waals surface area contributed by atoms with Gasteiger partial charge < -0.3 is 9.64 Å². The minimum Gasteiger partial charge on any atom is -0.465 e. The average Bonchev–Trinajstić information content (AvgIpc) is 2.98. The number of carbonyl (C=O) groups is 2. The predicted octanol–water partition coefficient (Wildman–Crippen LogP) is 1.62. The van der Waals surface area contributed by atoms with Gasteiger partial charge in [0.1, 0.15) is 5.69 Å². The predicted molar refractivity (Wildman–Crippen MR) is 111 cm³/mol. The van der Waals surface area contributed by atoms with Crippen molar-refractivity contribution in [3.63, 3.8) is 0 Å². The van der Waals surface area contributed by atoms with E-state index in [0.717, 1.165) is 18.5 Å². The summed E-state index contributed by atoms with van der Waals surface area (Å²) in [6.07, 6.45) is 3.37. The number of amides is 1. The molecule has 1 aliphatic heterocycles. The van der Waals surface area contributed by atoms with Crippen molar-refractivity contribution < 1.29 is 22.7 Å². The molecule has 0 N–H and O–H groups in total. The summed E-state index contributed by atoms with van der Waals surface area (Å²) >= 11 is 0. The van der Waals surface area contributed by atoms with Crippen LogP contribution in [0.15, 0.2) is 47.5 Å². The van der Waals surface area contributed by atoms with E-state index in [1.165, 1.54) is 25.6 Å². The first kappa shape index (κ1) is 21.9. The van der Waals surface area contributed by atoms with Gasteiger partial charge in [0.2, 0.25) is 0 Å². The minimum absolute atomic E-state index is 0.161. The summed E-state index contributed by atoms with van der Waals surface area (Å²) < 4.78 is 27.8. The van der Waals surface area contributed by atoms with E-state index in [9.17, 15) is 18.0 Å². The highest BCUT2D eigenvalue weighted by Crippen LogP contribution is 2.14. The van der Waals surface area contributed by atoms with Gasteiger partial charge in [-0.15, -0.1) is 0 Å². The fourth-order valence-corrected chi connectivity index (χ4v) is 3.98. The molecule has 1 amide bonds. The third-order valence-electron chi connectivity index (χ3n) is 5.04. The van der Waals surface area contributed by atoms with E-state index in [0.29, 0.717) is 42.3 Å². The first-order valence-corrected chi connectivity index (χ1v) is 11.5. The highest BCUT2D eigenvalue weighted by atomic mass is 32.2. The molecule has 0 bridgehead atoms. The smallest absolute Gasteiger partial charge is 0.339 e. The number of hydrogen-bond donors (Lipinski definition) is 0. The van der Waals surface area contributed by atoms with Gasteiger partial charge in [0, 0.05) is 45.2 Å². The number of methoxy groups -OCH3 is 1. The Morgan fingerprint density at radius 2 is 1.77 bits per heavy atom. The van der Waals surface area contributed by atoms with Crippen molar-refractivity contribution in [1.82, 2.24) is 14.8 Å². The van der Waals surface area contributed by atoms with E-state index in [2.05, 4.69) is 14.6 Å². The molecule has 9 heteroatoms. The second-order valence-electron chi connectivity index (χ2n) is 7.26. The van der Waals surface area contributed by atoms with E-state index >= 15 is 0 Å². The van der Waals surface area contributed by atoms with Crippen molar-refractivity contribution in [2.24, 2.45) is 0 Å². The normalized spacial score (nSPS) is 15.5. The summed E-state index contributed by atoms with van der Waals surface area (Å²) in [5, 5.41) is 0. The van der Waals surface area contributed by atoms with E-state index in [1.807, 2.05) is 12.1 Å². The van der Waals surface area contributed by atoms with Gasteiger partial charge in [0.25, 0.3) is 5.91 Å². The highest BCUT2D eigenvalue weighted by molar-refractivity contribution is 7.90. The van der Waals surface area contributed by atoms with Crippen LogP contribution in [-0.2, 0) is 21.1 Å². The number of carbonyl (C=O) groups excluding carboxylic acids is 2. The SMILES string of the molecule is COC(=O)c1ccc(C(=O)N2CCCN(Cc3ccc(S(C)(=O)=O)cc3)CC2)nc1. The Balaban J connectivity index is 1.59. The Morgan fingerprint density at radius 1 is 1.03 bits per heavy atom. The Kier molecular flexibility index (Phi) is 6.84. The molecule has 1 aliphatic rings. The fraction of sp³-hybridized carbons (Fsp3) is 0.381. The van der Waals surface area contributed by atoms with Gasteiger partial charge in [0.05, 0.1) is 17.6 Å². The standard InChI is InChI=1S/C21H25N3O5S/c1-29-21(26)17-6-9-19(22-14-17)20(25)24-11-3-10-23(12-13-24)15-16-4-7-18(8-5-16)30(2,27)28/h4-9,14H,3,10-13,15H2,1-2H3. The van der Waals surface area contributed by atoms with Gasteiger partial charge in [0.15, 0.2) is 9.84 Å². The van der Waals surface area contributed by atoms with Crippen molar-refractivity contribution >= 4 is 21.7 Å². The van der Waals surface area contributed by atoms with Crippen LogP contribution in [0.5, 0.6) is 0 Å². The van der Waals surface area contributed by atoms with E-state index < -0.39 is 15.8 Å². The molecule has 0 spiro atoms. The van der Waals surface area contributed by atoms with Crippen LogP contribution in [0.1, 0.15) is 32.8 Å². The lowest BCUT2D eigenvalue weighted by atomic mass is 10.2. The van der Waals surface area contributed by atoms with E-state index in [1.54, 1.807) is 23.1 Å². The number of esters is 1. The number of sulfone groups is 1. The first-order valence-electron chi connectivity index (χ1n) is 9.63. The van der Waals surface area contributed by atoms with E-state index in [-0.39, 0.29) is 5.91 Å². The summed E-state index contributed by atoms with van der Waals surface area (Å²) in [5.74, 6) is -0.651. The quantitative estimate of drug-likeness (QED) is 0.664. The van der Waals surface area contributed by atoms with Crippen LogP contribution in [-0.4, -0.2) is 74.6 Å². The van der Waals surface area contributed by atoms with Crippen LogP contribution in [0.2, 0.25) is 0 Å². The molecule has 3 rings (SSSR count). The third-order valence-corrected chi connectivity index (χ3v) is 6.17. The van der Waals surface area contributed by atoms with Crippen LogP contribution in [0, 0.1) is 0 Å². The van der Waals surface area contributed by atoms with Gasteiger partial charge in [-0.05, 0) is 36.2 Å². The van der Waals surface area contributed by atoms with Crippen LogP contribution >= 0.6 is 0 Å². The largest absolute Gasteiger partial charge is 0.465 e. The monoisotopic (exact) mass is 431 g/mol.